The molecular formula is C18H26F2N2O. The van der Waals surface area contributed by atoms with E-state index in [2.05, 4.69) is 16.8 Å². The predicted molar refractivity (Wildman–Crippen MR) is 86.3 cm³/mol. The van der Waals surface area contributed by atoms with E-state index in [4.69, 9.17) is 4.74 Å². The molecule has 0 amide bonds. The van der Waals surface area contributed by atoms with E-state index in [1.807, 2.05) is 0 Å². The number of hydrogen-bond donors (Lipinski definition) is 0. The Kier molecular flexibility index (Phi) is 4.99. The number of likely N-dealkylation sites (tertiary alicyclic amines) is 2. The van der Waals surface area contributed by atoms with Gasteiger partial charge in [0.25, 0.3) is 0 Å². The van der Waals surface area contributed by atoms with Crippen LogP contribution in [-0.2, 0) is 11.3 Å². The molecule has 0 saturated carbocycles. The van der Waals surface area contributed by atoms with E-state index in [9.17, 15) is 8.78 Å². The quantitative estimate of drug-likeness (QED) is 0.847. The third-order valence-corrected chi connectivity index (χ3v) is 5.77. The van der Waals surface area contributed by atoms with Gasteiger partial charge >= 0.3 is 0 Å². The van der Waals surface area contributed by atoms with Crippen molar-refractivity contribution in [1.29, 1.82) is 0 Å². The topological polar surface area (TPSA) is 15.7 Å². The zero-order chi connectivity index (χ0) is 16.4. The Labute approximate surface area is 137 Å². The number of methoxy groups -OCH3 is 1. The summed E-state index contributed by atoms with van der Waals surface area (Å²) in [6.07, 6.45) is 4.70. The van der Waals surface area contributed by atoms with Gasteiger partial charge in [-0.15, -0.1) is 0 Å². The first-order chi connectivity index (χ1) is 11.0. The minimum atomic E-state index is -0.775. The molecule has 2 aliphatic rings. The molecule has 0 unspecified atom stereocenters. The molecule has 2 heterocycles. The van der Waals surface area contributed by atoms with Crippen molar-refractivity contribution in [2.75, 3.05) is 33.9 Å². The van der Waals surface area contributed by atoms with Crippen LogP contribution in [0.5, 0.6) is 0 Å². The second-order valence-corrected chi connectivity index (χ2v) is 7.01. The van der Waals surface area contributed by atoms with E-state index in [0.717, 1.165) is 38.1 Å². The summed E-state index contributed by atoms with van der Waals surface area (Å²) in [5.41, 5.74) is 1.14. The maximum atomic E-state index is 13.3. The van der Waals surface area contributed by atoms with Gasteiger partial charge in [-0.2, -0.15) is 0 Å². The first-order valence-electron chi connectivity index (χ1n) is 8.42. The molecule has 0 aromatic heterocycles. The number of hydrogen-bond acceptors (Lipinski definition) is 3. The van der Waals surface area contributed by atoms with E-state index in [0.29, 0.717) is 18.1 Å². The Morgan fingerprint density at radius 2 is 1.91 bits per heavy atom. The Balaban J connectivity index is 1.57. The van der Waals surface area contributed by atoms with Gasteiger partial charge < -0.3 is 4.74 Å². The number of rotatable bonds is 4. The molecule has 3 rings (SSSR count). The lowest BCUT2D eigenvalue weighted by Crippen LogP contribution is -2.52. The van der Waals surface area contributed by atoms with Crippen molar-refractivity contribution in [1.82, 2.24) is 9.80 Å². The number of halogens is 2. The molecule has 2 fully saturated rings. The molecule has 5 heteroatoms. The summed E-state index contributed by atoms with van der Waals surface area (Å²) in [4.78, 5) is 4.86. The highest BCUT2D eigenvalue weighted by Gasteiger charge is 2.45. The molecule has 1 aromatic carbocycles. The lowest BCUT2D eigenvalue weighted by atomic mass is 9.85. The van der Waals surface area contributed by atoms with Crippen LogP contribution >= 0.6 is 0 Å². The molecule has 0 bridgehead atoms. The maximum Gasteiger partial charge on any atom is 0.159 e. The highest BCUT2D eigenvalue weighted by Crippen LogP contribution is 2.40. The maximum absolute atomic E-state index is 13.3. The molecule has 0 radical (unpaired) electrons. The van der Waals surface area contributed by atoms with Crippen molar-refractivity contribution >= 4 is 0 Å². The molecule has 0 N–H and O–H groups in total. The standard InChI is InChI=1S/C18H26F2N2O/c1-21-15(13-23-2)5-6-18(21)7-9-22(10-8-18)12-14-3-4-16(19)17(20)11-14/h3-4,11,15H,5-10,12-13H2,1-2H3/t15-/m1/s1. The van der Waals surface area contributed by atoms with Gasteiger partial charge in [-0.05, 0) is 50.4 Å². The monoisotopic (exact) mass is 324 g/mol. The SMILES string of the molecule is COC[C@H]1CCC2(CCN(Cc3ccc(F)c(F)c3)CC2)N1C. The fourth-order valence-corrected chi connectivity index (χ4v) is 4.21. The van der Waals surface area contributed by atoms with Gasteiger partial charge in [0.1, 0.15) is 0 Å². The van der Waals surface area contributed by atoms with Crippen LogP contribution in [0.2, 0.25) is 0 Å². The first kappa shape index (κ1) is 16.8. The van der Waals surface area contributed by atoms with E-state index in [1.165, 1.54) is 25.0 Å². The molecule has 3 nitrogen and oxygen atoms in total. The zero-order valence-electron chi connectivity index (χ0n) is 14.0. The van der Waals surface area contributed by atoms with Gasteiger partial charge in [0, 0.05) is 38.3 Å². The minimum absolute atomic E-state index is 0.299. The summed E-state index contributed by atoms with van der Waals surface area (Å²) < 4.78 is 31.7. The van der Waals surface area contributed by atoms with Crippen molar-refractivity contribution in [3.05, 3.63) is 35.4 Å². The van der Waals surface area contributed by atoms with Crippen molar-refractivity contribution < 1.29 is 13.5 Å². The Hall–Kier alpha value is -1.04. The molecule has 1 atom stereocenters. The van der Waals surface area contributed by atoms with Gasteiger partial charge in [-0.25, -0.2) is 8.78 Å². The second kappa shape index (κ2) is 6.83. The molecule has 23 heavy (non-hydrogen) atoms. The Morgan fingerprint density at radius 3 is 2.57 bits per heavy atom. The average Bonchev–Trinajstić information content (AvgIpc) is 2.84. The van der Waals surface area contributed by atoms with E-state index < -0.39 is 11.6 Å². The second-order valence-electron chi connectivity index (χ2n) is 7.01. The van der Waals surface area contributed by atoms with Gasteiger partial charge in [-0.1, -0.05) is 6.07 Å². The third-order valence-electron chi connectivity index (χ3n) is 5.77. The zero-order valence-corrected chi connectivity index (χ0v) is 14.0. The molecule has 2 saturated heterocycles. The van der Waals surface area contributed by atoms with Crippen LogP contribution in [0.1, 0.15) is 31.2 Å². The van der Waals surface area contributed by atoms with Gasteiger partial charge in [0.05, 0.1) is 6.61 Å². The average molecular weight is 324 g/mol. The highest BCUT2D eigenvalue weighted by atomic mass is 19.2. The summed E-state index contributed by atoms with van der Waals surface area (Å²) in [6.45, 7) is 3.50. The highest BCUT2D eigenvalue weighted by molar-refractivity contribution is 5.18. The number of ether oxygens (including phenoxy) is 1. The minimum Gasteiger partial charge on any atom is -0.383 e. The van der Waals surface area contributed by atoms with Crippen molar-refractivity contribution in [3.8, 4) is 0 Å². The number of benzene rings is 1. The molecule has 0 aliphatic carbocycles. The van der Waals surface area contributed by atoms with Crippen LogP contribution in [0.4, 0.5) is 8.78 Å². The number of likely N-dealkylation sites (N-methyl/N-ethyl adjacent to an activating group) is 1. The van der Waals surface area contributed by atoms with E-state index in [1.54, 1.807) is 13.2 Å². The third kappa shape index (κ3) is 3.42. The van der Waals surface area contributed by atoms with Gasteiger partial charge in [0.2, 0.25) is 0 Å². The summed E-state index contributed by atoms with van der Waals surface area (Å²) in [7, 11) is 3.99. The molecule has 128 valence electrons. The summed E-state index contributed by atoms with van der Waals surface area (Å²) >= 11 is 0. The van der Waals surface area contributed by atoms with Crippen LogP contribution in [0.3, 0.4) is 0 Å². The van der Waals surface area contributed by atoms with Crippen molar-refractivity contribution in [3.63, 3.8) is 0 Å². The Bertz CT molecular complexity index is 544. The largest absolute Gasteiger partial charge is 0.383 e. The lowest BCUT2D eigenvalue weighted by Gasteiger charge is -2.45. The molecule has 2 aliphatic heterocycles. The van der Waals surface area contributed by atoms with Gasteiger partial charge in [0.15, 0.2) is 11.6 Å². The van der Waals surface area contributed by atoms with Crippen molar-refractivity contribution in [2.24, 2.45) is 0 Å². The molecule has 1 spiro atoms. The lowest BCUT2D eigenvalue weighted by molar-refractivity contribution is 0.0282. The van der Waals surface area contributed by atoms with Crippen molar-refractivity contribution in [2.45, 2.75) is 43.8 Å². The van der Waals surface area contributed by atoms with E-state index in [-0.39, 0.29) is 0 Å². The number of piperidine rings is 1. The van der Waals surface area contributed by atoms with Crippen LogP contribution in [0.25, 0.3) is 0 Å². The Morgan fingerprint density at radius 1 is 1.17 bits per heavy atom. The van der Waals surface area contributed by atoms with Crippen LogP contribution in [-0.4, -0.2) is 55.2 Å². The predicted octanol–water partition coefficient (Wildman–Crippen LogP) is 3.04. The van der Waals surface area contributed by atoms with Gasteiger partial charge in [-0.3, -0.25) is 9.80 Å². The normalized spacial score (nSPS) is 25.3. The van der Waals surface area contributed by atoms with Crippen LogP contribution in [0, 0.1) is 11.6 Å². The molecule has 1 aromatic rings. The number of nitrogens with zero attached hydrogens (tertiary/aromatic N) is 2. The summed E-state index contributed by atoms with van der Waals surface area (Å²) in [6, 6.07) is 4.74. The first-order valence-corrected chi connectivity index (χ1v) is 8.42. The summed E-state index contributed by atoms with van der Waals surface area (Å²) in [5.74, 6) is -1.53. The van der Waals surface area contributed by atoms with E-state index >= 15 is 0 Å². The van der Waals surface area contributed by atoms with Crippen LogP contribution in [0.15, 0.2) is 18.2 Å². The van der Waals surface area contributed by atoms with Crippen LogP contribution < -0.4 is 0 Å². The fourth-order valence-electron chi connectivity index (χ4n) is 4.21. The molecular weight excluding hydrogens is 298 g/mol. The summed E-state index contributed by atoms with van der Waals surface area (Å²) in [5, 5.41) is 0. The fraction of sp³-hybridized carbons (Fsp3) is 0.667. The smallest absolute Gasteiger partial charge is 0.159 e.